The minimum atomic E-state index is -0.444. The molecule has 4 aliphatic carbocycles. The highest BCUT2D eigenvalue weighted by Gasteiger charge is 2.77. The second-order valence-electron chi connectivity index (χ2n) is 11.0. The number of carbonyl (C=O) groups excluding carboxylic acids is 3. The summed E-state index contributed by atoms with van der Waals surface area (Å²) < 4.78 is 22.7. The quantitative estimate of drug-likeness (QED) is 0.371. The van der Waals surface area contributed by atoms with Crippen LogP contribution in [0.25, 0.3) is 0 Å². The maximum absolute atomic E-state index is 12.7. The maximum Gasteiger partial charge on any atom is 0.337 e. The molecule has 0 aromatic carbocycles. The van der Waals surface area contributed by atoms with Crippen molar-refractivity contribution < 1.29 is 33.3 Å². The summed E-state index contributed by atoms with van der Waals surface area (Å²) in [6.45, 7) is 7.42. The van der Waals surface area contributed by atoms with Crippen molar-refractivity contribution in [1.82, 2.24) is 0 Å². The van der Waals surface area contributed by atoms with Gasteiger partial charge in [-0.05, 0) is 62.7 Å². The van der Waals surface area contributed by atoms with Crippen molar-refractivity contribution in [3.63, 3.8) is 0 Å². The highest BCUT2D eigenvalue weighted by atomic mass is 16.6. The average molecular weight is 447 g/mol. The Morgan fingerprint density at radius 1 is 0.969 bits per heavy atom. The topological polar surface area (TPSA) is 91.4 Å². The summed E-state index contributed by atoms with van der Waals surface area (Å²) in [4.78, 5) is 36.2. The van der Waals surface area contributed by atoms with Gasteiger partial charge in [-0.1, -0.05) is 13.8 Å². The summed E-state index contributed by atoms with van der Waals surface area (Å²) in [5, 5.41) is 0. The van der Waals surface area contributed by atoms with Crippen LogP contribution in [-0.2, 0) is 33.3 Å². The molecule has 1 heterocycles. The Kier molecular flexibility index (Phi) is 4.83. The van der Waals surface area contributed by atoms with Crippen molar-refractivity contribution in [3.05, 3.63) is 11.3 Å². The average Bonchev–Trinajstić information content (AvgIpc) is 3.38. The van der Waals surface area contributed by atoms with Gasteiger partial charge in [0.2, 0.25) is 0 Å². The number of carbonyl (C=O) groups is 3. The van der Waals surface area contributed by atoms with E-state index in [1.165, 1.54) is 21.0 Å². The molecule has 1 spiro atoms. The van der Waals surface area contributed by atoms with E-state index in [0.29, 0.717) is 35.5 Å². The van der Waals surface area contributed by atoms with E-state index in [2.05, 4.69) is 13.8 Å². The lowest BCUT2D eigenvalue weighted by Crippen LogP contribution is -2.58. The zero-order valence-electron chi connectivity index (χ0n) is 19.7. The monoisotopic (exact) mass is 446 g/mol. The third-order valence-electron chi connectivity index (χ3n) is 9.75. The first kappa shape index (κ1) is 21.9. The molecule has 176 valence electrons. The molecule has 7 nitrogen and oxygen atoms in total. The van der Waals surface area contributed by atoms with Gasteiger partial charge in [-0.3, -0.25) is 9.59 Å². The Morgan fingerprint density at radius 3 is 2.38 bits per heavy atom. The van der Waals surface area contributed by atoms with E-state index in [-0.39, 0.29) is 34.6 Å². The zero-order valence-corrected chi connectivity index (χ0v) is 19.7. The molecular formula is C25H34O7. The Morgan fingerprint density at radius 2 is 1.72 bits per heavy atom. The van der Waals surface area contributed by atoms with Crippen molar-refractivity contribution in [2.24, 2.45) is 28.6 Å². The van der Waals surface area contributed by atoms with Crippen LogP contribution in [0.1, 0.15) is 72.6 Å². The predicted octanol–water partition coefficient (Wildman–Crippen LogP) is 3.69. The molecule has 0 radical (unpaired) electrons. The Labute approximate surface area is 189 Å². The number of methoxy groups -OCH3 is 1. The Balaban J connectivity index is 1.49. The van der Waals surface area contributed by atoms with Gasteiger partial charge in [-0.25, -0.2) is 4.79 Å². The Bertz CT molecular complexity index is 908. The van der Waals surface area contributed by atoms with Crippen molar-refractivity contribution in [2.75, 3.05) is 7.11 Å². The SMILES string of the molecule is COC(=O)C1=C(OC(C)=O)[C@H]2O[C@]23CC[C@H]2[C@@H]4CC[C@H](OC(C)=O)[C@@]4(C)CC[C@@H]2[C@@]3(C)C1. The van der Waals surface area contributed by atoms with Crippen LogP contribution in [0.3, 0.4) is 0 Å². The zero-order chi connectivity index (χ0) is 23.1. The Hall–Kier alpha value is -1.89. The van der Waals surface area contributed by atoms with Crippen LogP contribution in [0.15, 0.2) is 11.3 Å². The van der Waals surface area contributed by atoms with E-state index in [1.807, 2.05) is 0 Å². The van der Waals surface area contributed by atoms with E-state index in [1.54, 1.807) is 0 Å². The summed E-state index contributed by atoms with van der Waals surface area (Å²) in [6.07, 6.45) is 6.08. The smallest absolute Gasteiger partial charge is 0.337 e. The molecule has 0 amide bonds. The lowest BCUT2D eigenvalue weighted by Gasteiger charge is -2.59. The molecule has 32 heavy (non-hydrogen) atoms. The molecule has 5 rings (SSSR count). The van der Waals surface area contributed by atoms with Crippen molar-refractivity contribution in [3.8, 4) is 0 Å². The molecule has 1 saturated heterocycles. The lowest BCUT2D eigenvalue weighted by molar-refractivity contribution is -0.160. The van der Waals surface area contributed by atoms with Gasteiger partial charge < -0.3 is 18.9 Å². The van der Waals surface area contributed by atoms with Gasteiger partial charge in [0.15, 0.2) is 0 Å². The summed E-state index contributed by atoms with van der Waals surface area (Å²) in [5.41, 5.74) is -0.149. The fourth-order valence-corrected chi connectivity index (χ4v) is 8.33. The minimum absolute atomic E-state index is 0.00739. The summed E-state index contributed by atoms with van der Waals surface area (Å²) in [5.74, 6) is 0.679. The molecule has 0 aromatic rings. The summed E-state index contributed by atoms with van der Waals surface area (Å²) >= 11 is 0. The number of hydrogen-bond acceptors (Lipinski definition) is 7. The first-order chi connectivity index (χ1) is 15.1. The van der Waals surface area contributed by atoms with Gasteiger partial charge in [0.25, 0.3) is 0 Å². The van der Waals surface area contributed by atoms with Crippen LogP contribution in [0, 0.1) is 28.6 Å². The molecule has 8 atom stereocenters. The van der Waals surface area contributed by atoms with E-state index in [0.717, 1.165) is 38.5 Å². The van der Waals surface area contributed by atoms with Crippen LogP contribution in [0.4, 0.5) is 0 Å². The van der Waals surface area contributed by atoms with E-state index < -0.39 is 11.9 Å². The van der Waals surface area contributed by atoms with Gasteiger partial charge in [-0.15, -0.1) is 0 Å². The van der Waals surface area contributed by atoms with Gasteiger partial charge in [-0.2, -0.15) is 0 Å². The maximum atomic E-state index is 12.7. The van der Waals surface area contributed by atoms with Crippen LogP contribution in [0.5, 0.6) is 0 Å². The largest absolute Gasteiger partial charge is 0.466 e. The highest BCUT2D eigenvalue weighted by Crippen LogP contribution is 2.73. The molecule has 5 aliphatic rings. The molecule has 0 aromatic heterocycles. The van der Waals surface area contributed by atoms with E-state index in [9.17, 15) is 14.4 Å². The van der Waals surface area contributed by atoms with Gasteiger partial charge in [0.05, 0.1) is 12.7 Å². The number of epoxide rings is 1. The molecule has 0 N–H and O–H groups in total. The van der Waals surface area contributed by atoms with Crippen molar-refractivity contribution >= 4 is 17.9 Å². The third-order valence-corrected chi connectivity index (χ3v) is 9.75. The molecule has 4 fully saturated rings. The third kappa shape index (κ3) is 2.79. The summed E-state index contributed by atoms with van der Waals surface area (Å²) in [7, 11) is 1.36. The van der Waals surface area contributed by atoms with Crippen LogP contribution in [-0.4, -0.2) is 42.8 Å². The molecular weight excluding hydrogens is 412 g/mol. The van der Waals surface area contributed by atoms with E-state index >= 15 is 0 Å². The van der Waals surface area contributed by atoms with Crippen molar-refractivity contribution in [2.45, 2.75) is 90.4 Å². The molecule has 1 aliphatic heterocycles. The predicted molar refractivity (Wildman–Crippen MR) is 113 cm³/mol. The first-order valence-electron chi connectivity index (χ1n) is 11.9. The van der Waals surface area contributed by atoms with Crippen molar-refractivity contribution in [1.29, 1.82) is 0 Å². The number of fused-ring (bicyclic) bond motifs is 4. The van der Waals surface area contributed by atoms with Crippen LogP contribution < -0.4 is 0 Å². The number of hydrogen-bond donors (Lipinski definition) is 0. The van der Waals surface area contributed by atoms with Gasteiger partial charge in [0.1, 0.15) is 23.6 Å². The molecule has 3 saturated carbocycles. The lowest BCUT2D eigenvalue weighted by atomic mass is 9.45. The fraction of sp³-hybridized carbons (Fsp3) is 0.800. The van der Waals surface area contributed by atoms with Crippen LogP contribution in [0.2, 0.25) is 0 Å². The number of rotatable bonds is 3. The van der Waals surface area contributed by atoms with E-state index in [4.69, 9.17) is 18.9 Å². The van der Waals surface area contributed by atoms with Gasteiger partial charge >= 0.3 is 17.9 Å². The second-order valence-corrected chi connectivity index (χ2v) is 11.0. The normalized spacial score (nSPS) is 46.2. The summed E-state index contributed by atoms with van der Waals surface area (Å²) in [6, 6.07) is 0. The number of esters is 3. The standard InChI is InChI=1S/C25H34O7/c1-13(26)30-19-7-6-17-15-8-11-25-21(32-25)20(31-14(2)27)16(22(28)29-5)12-24(25,4)18(15)9-10-23(17,19)3/h15,17-19,21H,6-12H2,1-5H3/t15-,17-,18-,19-,21+,23-,24+,25+/m0/s1. The number of ether oxygens (including phenoxy) is 4. The highest BCUT2D eigenvalue weighted by molar-refractivity contribution is 5.90. The second kappa shape index (κ2) is 7.05. The molecule has 7 heteroatoms. The van der Waals surface area contributed by atoms with Crippen LogP contribution >= 0.6 is 0 Å². The van der Waals surface area contributed by atoms with Gasteiger partial charge in [0, 0.05) is 24.7 Å². The minimum Gasteiger partial charge on any atom is -0.466 e. The first-order valence-corrected chi connectivity index (χ1v) is 11.9. The molecule has 0 unspecified atom stereocenters. The fourth-order valence-electron chi connectivity index (χ4n) is 8.33. The molecule has 0 bridgehead atoms.